The third kappa shape index (κ3) is 3.84. The molecule has 4 rings (SSSR count). The molecule has 1 aliphatic heterocycles. The number of benzene rings is 2. The van der Waals surface area contributed by atoms with E-state index in [1.54, 1.807) is 11.8 Å². The molecule has 2 N–H and O–H groups in total. The number of rotatable bonds is 6. The largest absolute Gasteiger partial charge is 0.493 e. The Labute approximate surface area is 180 Å². The van der Waals surface area contributed by atoms with Crippen molar-refractivity contribution in [3.05, 3.63) is 71.2 Å². The number of carbonyl (C=O) groups is 1. The minimum atomic E-state index is -0.479. The summed E-state index contributed by atoms with van der Waals surface area (Å²) in [7, 11) is 1.60. The van der Waals surface area contributed by atoms with Gasteiger partial charge in [0.25, 0.3) is 5.91 Å². The Bertz CT molecular complexity index is 1150. The van der Waals surface area contributed by atoms with Crippen molar-refractivity contribution in [2.45, 2.75) is 26.8 Å². The van der Waals surface area contributed by atoms with Crippen LogP contribution in [0.4, 0.5) is 11.6 Å². The van der Waals surface area contributed by atoms with Gasteiger partial charge in [0.1, 0.15) is 12.4 Å². The van der Waals surface area contributed by atoms with Gasteiger partial charge in [-0.3, -0.25) is 4.79 Å². The summed E-state index contributed by atoms with van der Waals surface area (Å²) in [6.45, 7) is 6.24. The lowest BCUT2D eigenvalue weighted by Gasteiger charge is -2.29. The van der Waals surface area contributed by atoms with E-state index in [0.29, 0.717) is 35.3 Å². The zero-order valence-electron chi connectivity index (χ0n) is 18.0. The molecule has 0 saturated heterocycles. The monoisotopic (exact) mass is 419 g/mol. The van der Waals surface area contributed by atoms with E-state index < -0.39 is 6.04 Å². The number of anilines is 2. The summed E-state index contributed by atoms with van der Waals surface area (Å²) in [6, 6.07) is 12.8. The fourth-order valence-corrected chi connectivity index (χ4v) is 3.73. The van der Waals surface area contributed by atoms with Gasteiger partial charge in [0.2, 0.25) is 5.95 Å². The van der Waals surface area contributed by atoms with Crippen molar-refractivity contribution in [3.8, 4) is 11.5 Å². The Morgan fingerprint density at radius 2 is 2.00 bits per heavy atom. The second-order valence-corrected chi connectivity index (χ2v) is 7.21. The molecule has 8 heteroatoms. The Morgan fingerprint density at radius 3 is 2.74 bits per heavy atom. The molecule has 31 heavy (non-hydrogen) atoms. The molecule has 1 atom stereocenters. The Morgan fingerprint density at radius 1 is 1.19 bits per heavy atom. The standard InChI is InChI=1S/C23H25N5O3/c1-5-31-19-12-16(10-11-18(19)30-4)21-20(15(3)26-23-24-13-25-28(21)23)22(29)27-17-9-7-6-8-14(17)2/h6-13,21H,5H2,1-4H3,(H,27,29)(H,24,25,26). The van der Waals surface area contributed by atoms with Crippen LogP contribution in [0.15, 0.2) is 60.1 Å². The molecule has 0 radical (unpaired) electrons. The number of nitrogens with one attached hydrogen (secondary N) is 2. The normalized spacial score (nSPS) is 15.2. The van der Waals surface area contributed by atoms with Crippen molar-refractivity contribution >= 4 is 17.5 Å². The SMILES string of the molecule is CCOc1cc(C2C(C(=O)Nc3ccccc3C)=C(C)Nc3ncnn32)ccc1OC. The summed E-state index contributed by atoms with van der Waals surface area (Å²) in [6.07, 6.45) is 1.47. The van der Waals surface area contributed by atoms with E-state index in [9.17, 15) is 4.79 Å². The number of aryl methyl sites for hydroxylation is 1. The number of nitrogens with zero attached hydrogens (tertiary/aromatic N) is 3. The lowest BCUT2D eigenvalue weighted by Crippen LogP contribution is -2.31. The summed E-state index contributed by atoms with van der Waals surface area (Å²) in [5, 5.41) is 10.6. The number of amides is 1. The van der Waals surface area contributed by atoms with Crippen LogP contribution in [-0.2, 0) is 4.79 Å². The molecule has 2 aromatic carbocycles. The highest BCUT2D eigenvalue weighted by Gasteiger charge is 2.34. The number of aromatic nitrogens is 3. The van der Waals surface area contributed by atoms with Gasteiger partial charge in [-0.25, -0.2) is 4.68 Å². The Balaban J connectivity index is 1.79. The Kier molecular flexibility index (Phi) is 5.62. The molecule has 160 valence electrons. The lowest BCUT2D eigenvalue weighted by atomic mass is 9.94. The first kappa shape index (κ1) is 20.5. The van der Waals surface area contributed by atoms with Crippen molar-refractivity contribution < 1.29 is 14.3 Å². The van der Waals surface area contributed by atoms with Crippen LogP contribution in [0, 0.1) is 6.92 Å². The van der Waals surface area contributed by atoms with Crippen LogP contribution in [0.2, 0.25) is 0 Å². The molecule has 0 saturated carbocycles. The zero-order chi connectivity index (χ0) is 22.0. The summed E-state index contributed by atoms with van der Waals surface area (Å²) >= 11 is 0. The van der Waals surface area contributed by atoms with Crippen LogP contribution < -0.4 is 20.1 Å². The van der Waals surface area contributed by atoms with E-state index in [4.69, 9.17) is 9.47 Å². The van der Waals surface area contributed by atoms with Gasteiger partial charge in [-0.15, -0.1) is 0 Å². The highest BCUT2D eigenvalue weighted by atomic mass is 16.5. The number of hydrogen-bond donors (Lipinski definition) is 2. The minimum Gasteiger partial charge on any atom is -0.493 e. The minimum absolute atomic E-state index is 0.209. The molecule has 0 spiro atoms. The second-order valence-electron chi connectivity index (χ2n) is 7.21. The maximum absolute atomic E-state index is 13.5. The summed E-state index contributed by atoms with van der Waals surface area (Å²) in [4.78, 5) is 17.7. The van der Waals surface area contributed by atoms with Crippen LogP contribution in [0.1, 0.15) is 31.0 Å². The second kappa shape index (κ2) is 8.51. The van der Waals surface area contributed by atoms with E-state index in [-0.39, 0.29) is 5.91 Å². The van der Waals surface area contributed by atoms with E-state index in [1.807, 2.05) is 63.2 Å². The van der Waals surface area contributed by atoms with Crippen LogP contribution in [0.5, 0.6) is 11.5 Å². The molecule has 3 aromatic rings. The van der Waals surface area contributed by atoms with Gasteiger partial charge in [-0.2, -0.15) is 10.1 Å². The molecule has 1 aliphatic rings. The number of fused-ring (bicyclic) bond motifs is 1. The zero-order valence-corrected chi connectivity index (χ0v) is 18.0. The fourth-order valence-electron chi connectivity index (χ4n) is 3.73. The van der Waals surface area contributed by atoms with Gasteiger partial charge in [-0.05, 0) is 50.1 Å². The highest BCUT2D eigenvalue weighted by Crippen LogP contribution is 2.38. The molecule has 0 fully saturated rings. The summed E-state index contributed by atoms with van der Waals surface area (Å²) in [5.41, 5.74) is 3.85. The van der Waals surface area contributed by atoms with Crippen molar-refractivity contribution in [1.29, 1.82) is 0 Å². The first-order valence-corrected chi connectivity index (χ1v) is 10.1. The van der Waals surface area contributed by atoms with Crippen molar-refractivity contribution in [3.63, 3.8) is 0 Å². The van der Waals surface area contributed by atoms with E-state index in [0.717, 1.165) is 16.8 Å². The van der Waals surface area contributed by atoms with Crippen LogP contribution >= 0.6 is 0 Å². The van der Waals surface area contributed by atoms with Gasteiger partial charge < -0.3 is 20.1 Å². The van der Waals surface area contributed by atoms with Crippen LogP contribution in [-0.4, -0.2) is 34.4 Å². The molecular weight excluding hydrogens is 394 g/mol. The van der Waals surface area contributed by atoms with E-state index in [1.165, 1.54) is 6.33 Å². The first-order chi connectivity index (χ1) is 15.0. The molecular formula is C23H25N5O3. The average Bonchev–Trinajstić information content (AvgIpc) is 3.22. The van der Waals surface area contributed by atoms with Gasteiger partial charge in [0.05, 0.1) is 19.3 Å². The smallest absolute Gasteiger partial charge is 0.255 e. The van der Waals surface area contributed by atoms with Crippen molar-refractivity contribution in [2.24, 2.45) is 0 Å². The molecule has 0 bridgehead atoms. The average molecular weight is 419 g/mol. The quantitative estimate of drug-likeness (QED) is 0.629. The summed E-state index contributed by atoms with van der Waals surface area (Å²) < 4.78 is 12.9. The maximum atomic E-state index is 13.5. The number of para-hydroxylation sites is 1. The van der Waals surface area contributed by atoms with Gasteiger partial charge in [0.15, 0.2) is 11.5 Å². The van der Waals surface area contributed by atoms with Gasteiger partial charge in [0, 0.05) is 11.4 Å². The van der Waals surface area contributed by atoms with Gasteiger partial charge >= 0.3 is 0 Å². The first-order valence-electron chi connectivity index (χ1n) is 10.1. The number of allylic oxidation sites excluding steroid dienone is 1. The molecule has 1 aromatic heterocycles. The molecule has 1 amide bonds. The van der Waals surface area contributed by atoms with E-state index >= 15 is 0 Å². The molecule has 0 aliphatic carbocycles. The molecule has 2 heterocycles. The maximum Gasteiger partial charge on any atom is 0.255 e. The van der Waals surface area contributed by atoms with Crippen LogP contribution in [0.3, 0.4) is 0 Å². The van der Waals surface area contributed by atoms with Crippen molar-refractivity contribution in [2.75, 3.05) is 24.4 Å². The molecule has 8 nitrogen and oxygen atoms in total. The lowest BCUT2D eigenvalue weighted by molar-refractivity contribution is -0.113. The highest BCUT2D eigenvalue weighted by molar-refractivity contribution is 6.06. The van der Waals surface area contributed by atoms with E-state index in [2.05, 4.69) is 20.7 Å². The number of methoxy groups -OCH3 is 1. The number of hydrogen-bond acceptors (Lipinski definition) is 6. The topological polar surface area (TPSA) is 90.3 Å². The third-order valence-electron chi connectivity index (χ3n) is 5.24. The predicted molar refractivity (Wildman–Crippen MR) is 118 cm³/mol. The number of carbonyl (C=O) groups excluding carboxylic acids is 1. The predicted octanol–water partition coefficient (Wildman–Crippen LogP) is 3.92. The Hall–Kier alpha value is -3.81. The summed E-state index contributed by atoms with van der Waals surface area (Å²) in [5.74, 6) is 1.60. The molecule has 1 unspecified atom stereocenters. The fraction of sp³-hybridized carbons (Fsp3) is 0.261. The number of ether oxygens (including phenoxy) is 2. The van der Waals surface area contributed by atoms with Crippen LogP contribution in [0.25, 0.3) is 0 Å². The third-order valence-corrected chi connectivity index (χ3v) is 5.24. The van der Waals surface area contributed by atoms with Crippen molar-refractivity contribution in [1.82, 2.24) is 14.8 Å². The van der Waals surface area contributed by atoms with Gasteiger partial charge in [-0.1, -0.05) is 24.3 Å².